The predicted molar refractivity (Wildman–Crippen MR) is 83.3 cm³/mol. The van der Waals surface area contributed by atoms with Crippen LogP contribution >= 0.6 is 0 Å². The molecule has 0 saturated carbocycles. The third kappa shape index (κ3) is 3.71. The van der Waals surface area contributed by atoms with Crippen LogP contribution in [0.2, 0.25) is 0 Å². The number of hydrogen-bond acceptors (Lipinski definition) is 5. The summed E-state index contributed by atoms with van der Waals surface area (Å²) in [6.45, 7) is 2.62. The van der Waals surface area contributed by atoms with Gasteiger partial charge in [0.2, 0.25) is 10.0 Å². The Morgan fingerprint density at radius 1 is 1.41 bits per heavy atom. The zero-order valence-electron chi connectivity index (χ0n) is 12.4. The summed E-state index contributed by atoms with van der Waals surface area (Å²) in [7, 11) is -2.03. The Labute approximate surface area is 129 Å². The molecule has 0 amide bonds. The Hall–Kier alpha value is -2.19. The minimum atomic E-state index is -3.81. The lowest BCUT2D eigenvalue weighted by molar-refractivity contribution is 0.101. The predicted octanol–water partition coefficient (Wildman–Crippen LogP) is 0.869. The second kappa shape index (κ2) is 6.29. The van der Waals surface area contributed by atoms with Crippen LogP contribution in [0.1, 0.15) is 17.3 Å². The lowest BCUT2D eigenvalue weighted by Crippen LogP contribution is -2.25. The first kappa shape index (κ1) is 16.2. The molecule has 2 rings (SSSR count). The van der Waals surface area contributed by atoms with E-state index in [-0.39, 0.29) is 10.7 Å². The fourth-order valence-electron chi connectivity index (χ4n) is 2.11. The number of ketones is 1. The molecule has 1 aromatic heterocycles. The number of aromatic nitrogens is 2. The molecule has 0 aliphatic heterocycles. The molecule has 0 fully saturated rings. The summed E-state index contributed by atoms with van der Waals surface area (Å²) in [5.41, 5.74) is 0.988. The van der Waals surface area contributed by atoms with Crippen molar-refractivity contribution in [3.8, 4) is 0 Å². The maximum absolute atomic E-state index is 11.7. The van der Waals surface area contributed by atoms with Crippen LogP contribution in [0.15, 0.2) is 41.6 Å². The van der Waals surface area contributed by atoms with Gasteiger partial charge in [0, 0.05) is 37.2 Å². The number of primary sulfonamides is 1. The number of anilines is 1. The largest absolute Gasteiger partial charge is 0.372 e. The average molecular weight is 322 g/mol. The molecule has 0 atom stereocenters. The number of benzene rings is 1. The van der Waals surface area contributed by atoms with Crippen molar-refractivity contribution in [1.82, 2.24) is 9.78 Å². The summed E-state index contributed by atoms with van der Waals surface area (Å²) in [6.07, 6.45) is 3.52. The van der Waals surface area contributed by atoms with E-state index in [1.165, 1.54) is 25.1 Å². The monoisotopic (exact) mass is 322 g/mol. The molecule has 0 bridgehead atoms. The second-order valence-electron chi connectivity index (χ2n) is 4.97. The van der Waals surface area contributed by atoms with E-state index in [1.807, 2.05) is 17.2 Å². The summed E-state index contributed by atoms with van der Waals surface area (Å²) in [4.78, 5) is 13.5. The zero-order valence-corrected chi connectivity index (χ0v) is 13.2. The highest BCUT2D eigenvalue weighted by atomic mass is 32.2. The first-order chi connectivity index (χ1) is 10.3. The molecule has 0 aliphatic carbocycles. The topological polar surface area (TPSA) is 98.3 Å². The lowest BCUT2D eigenvalue weighted by Gasteiger charge is -2.22. The summed E-state index contributed by atoms with van der Waals surface area (Å²) in [6, 6.07) is 6.08. The van der Waals surface area contributed by atoms with E-state index in [2.05, 4.69) is 5.10 Å². The van der Waals surface area contributed by atoms with Gasteiger partial charge in [0.25, 0.3) is 0 Å². The van der Waals surface area contributed by atoms with Crippen molar-refractivity contribution < 1.29 is 13.2 Å². The number of sulfonamides is 1. The van der Waals surface area contributed by atoms with E-state index in [1.54, 1.807) is 17.9 Å². The Morgan fingerprint density at radius 3 is 2.68 bits per heavy atom. The lowest BCUT2D eigenvalue weighted by atomic mass is 10.1. The summed E-state index contributed by atoms with van der Waals surface area (Å²) in [5.74, 6) is -0.137. The number of nitrogens with zero attached hydrogens (tertiary/aromatic N) is 3. The fourth-order valence-corrected chi connectivity index (χ4v) is 2.64. The van der Waals surface area contributed by atoms with Crippen LogP contribution in [0.25, 0.3) is 0 Å². The molecule has 0 saturated heterocycles. The summed E-state index contributed by atoms with van der Waals surface area (Å²) < 4.78 is 24.7. The Bertz CT molecular complexity index is 769. The number of rotatable bonds is 6. The normalized spacial score (nSPS) is 11.4. The van der Waals surface area contributed by atoms with Gasteiger partial charge in [-0.25, -0.2) is 13.6 Å². The Morgan fingerprint density at radius 2 is 2.14 bits per heavy atom. The van der Waals surface area contributed by atoms with Gasteiger partial charge in [-0.05, 0) is 31.2 Å². The number of carbonyl (C=O) groups is 1. The highest BCUT2D eigenvalue weighted by molar-refractivity contribution is 7.89. The molecular weight excluding hydrogens is 304 g/mol. The van der Waals surface area contributed by atoms with E-state index in [0.717, 1.165) is 0 Å². The van der Waals surface area contributed by atoms with Crippen LogP contribution in [-0.2, 0) is 16.6 Å². The molecule has 0 radical (unpaired) electrons. The first-order valence-corrected chi connectivity index (χ1v) is 8.20. The summed E-state index contributed by atoms with van der Waals surface area (Å²) >= 11 is 0. The Kier molecular flexibility index (Phi) is 4.62. The second-order valence-corrected chi connectivity index (χ2v) is 6.53. The third-order valence-electron chi connectivity index (χ3n) is 3.31. The molecular formula is C14H18N4O3S. The number of hydrogen-bond donors (Lipinski definition) is 1. The third-order valence-corrected chi connectivity index (χ3v) is 4.22. The van der Waals surface area contributed by atoms with Crippen molar-refractivity contribution in [2.75, 3.05) is 18.5 Å². The first-order valence-electron chi connectivity index (χ1n) is 6.65. The van der Waals surface area contributed by atoms with Gasteiger partial charge in [0.15, 0.2) is 5.78 Å². The minimum absolute atomic E-state index is 0.0153. The van der Waals surface area contributed by atoms with Crippen molar-refractivity contribution in [2.24, 2.45) is 5.14 Å². The van der Waals surface area contributed by atoms with Gasteiger partial charge in [-0.2, -0.15) is 5.10 Å². The standard InChI is InChI=1S/C14H18N4O3S/c1-11(19)13-5-4-12(22(15,20)21)10-14(13)17(2)8-9-18-7-3-6-16-18/h3-7,10H,8-9H2,1-2H3,(H2,15,20,21). The van der Waals surface area contributed by atoms with Gasteiger partial charge in [-0.15, -0.1) is 0 Å². The van der Waals surface area contributed by atoms with Gasteiger partial charge in [0.05, 0.1) is 11.4 Å². The molecule has 1 heterocycles. The van der Waals surface area contributed by atoms with Crippen molar-refractivity contribution >= 4 is 21.5 Å². The number of carbonyl (C=O) groups excluding carboxylic acids is 1. The van der Waals surface area contributed by atoms with Gasteiger partial charge in [0.1, 0.15) is 0 Å². The number of Topliss-reactive ketones (excluding diaryl/α,β-unsaturated/α-hetero) is 1. The average Bonchev–Trinajstić information content (AvgIpc) is 2.96. The van der Waals surface area contributed by atoms with E-state index in [0.29, 0.717) is 24.3 Å². The number of nitrogens with two attached hydrogens (primary N) is 1. The van der Waals surface area contributed by atoms with E-state index in [4.69, 9.17) is 5.14 Å². The molecule has 118 valence electrons. The maximum atomic E-state index is 11.7. The molecule has 7 nitrogen and oxygen atoms in total. The van der Waals surface area contributed by atoms with Crippen LogP contribution in [0, 0.1) is 0 Å². The maximum Gasteiger partial charge on any atom is 0.238 e. The van der Waals surface area contributed by atoms with Crippen molar-refractivity contribution in [3.63, 3.8) is 0 Å². The van der Waals surface area contributed by atoms with Crippen LogP contribution in [-0.4, -0.2) is 37.6 Å². The highest BCUT2D eigenvalue weighted by Gasteiger charge is 2.16. The molecule has 2 aromatic rings. The number of likely N-dealkylation sites (N-methyl/N-ethyl adjacent to an activating group) is 1. The molecule has 22 heavy (non-hydrogen) atoms. The molecule has 1 aromatic carbocycles. The van der Waals surface area contributed by atoms with Gasteiger partial charge >= 0.3 is 0 Å². The van der Waals surface area contributed by atoms with Crippen molar-refractivity contribution in [3.05, 3.63) is 42.2 Å². The summed E-state index contributed by atoms with van der Waals surface area (Å²) in [5, 5.41) is 9.26. The van der Waals surface area contributed by atoms with E-state index < -0.39 is 10.0 Å². The van der Waals surface area contributed by atoms with Gasteiger partial charge in [-0.3, -0.25) is 9.48 Å². The van der Waals surface area contributed by atoms with Gasteiger partial charge < -0.3 is 4.90 Å². The molecule has 0 unspecified atom stereocenters. The smallest absolute Gasteiger partial charge is 0.238 e. The van der Waals surface area contributed by atoms with Crippen LogP contribution < -0.4 is 10.0 Å². The van der Waals surface area contributed by atoms with E-state index in [9.17, 15) is 13.2 Å². The molecule has 8 heteroatoms. The Balaban J connectivity index is 2.31. The van der Waals surface area contributed by atoms with Gasteiger partial charge in [-0.1, -0.05) is 0 Å². The zero-order chi connectivity index (χ0) is 16.3. The minimum Gasteiger partial charge on any atom is -0.372 e. The van der Waals surface area contributed by atoms with Crippen molar-refractivity contribution in [2.45, 2.75) is 18.4 Å². The fraction of sp³-hybridized carbons (Fsp3) is 0.286. The van der Waals surface area contributed by atoms with Crippen LogP contribution in [0.3, 0.4) is 0 Å². The van der Waals surface area contributed by atoms with Crippen LogP contribution in [0.5, 0.6) is 0 Å². The van der Waals surface area contributed by atoms with Crippen LogP contribution in [0.4, 0.5) is 5.69 Å². The highest BCUT2D eigenvalue weighted by Crippen LogP contribution is 2.24. The molecule has 0 spiro atoms. The van der Waals surface area contributed by atoms with Crippen molar-refractivity contribution in [1.29, 1.82) is 0 Å². The molecule has 2 N–H and O–H groups in total. The van der Waals surface area contributed by atoms with E-state index >= 15 is 0 Å². The molecule has 0 aliphatic rings. The SMILES string of the molecule is CC(=O)c1ccc(S(N)(=O)=O)cc1N(C)CCn1cccn1. The quantitative estimate of drug-likeness (QED) is 0.796.